The van der Waals surface area contributed by atoms with Crippen LogP contribution in [0.3, 0.4) is 0 Å². The van der Waals surface area contributed by atoms with Crippen molar-refractivity contribution in [1.82, 2.24) is 25.7 Å². The molecule has 0 fully saturated rings. The van der Waals surface area contributed by atoms with Gasteiger partial charge in [-0.25, -0.2) is 0 Å². The maximum atomic E-state index is 12.6. The molecule has 2 N–H and O–H groups in total. The van der Waals surface area contributed by atoms with Gasteiger partial charge in [-0.3, -0.25) is 9.78 Å². The van der Waals surface area contributed by atoms with Crippen LogP contribution in [0.25, 0.3) is 0 Å². The number of hydrogen-bond acceptors (Lipinski definition) is 4. The molecular formula is C12H12F3N5O. The Morgan fingerprint density at radius 3 is 2.57 bits per heavy atom. The van der Waals surface area contributed by atoms with Crippen LogP contribution in [-0.2, 0) is 11.7 Å². The number of aromatic amines is 1. The van der Waals surface area contributed by atoms with Gasteiger partial charge in [0.15, 0.2) is 0 Å². The number of aromatic nitrogens is 4. The van der Waals surface area contributed by atoms with Crippen LogP contribution < -0.4 is 5.32 Å². The van der Waals surface area contributed by atoms with Crippen molar-refractivity contribution >= 4 is 5.91 Å². The Morgan fingerprint density at radius 1 is 1.29 bits per heavy atom. The van der Waals surface area contributed by atoms with Gasteiger partial charge in [0.25, 0.3) is 5.91 Å². The molecule has 0 spiro atoms. The number of H-pyrrole nitrogens is 1. The van der Waals surface area contributed by atoms with E-state index in [4.69, 9.17) is 0 Å². The van der Waals surface area contributed by atoms with E-state index in [1.165, 1.54) is 12.3 Å². The predicted molar refractivity (Wildman–Crippen MR) is 66.1 cm³/mol. The van der Waals surface area contributed by atoms with Crippen LogP contribution in [0.2, 0.25) is 0 Å². The number of nitrogens with one attached hydrogen (secondary N) is 2. The van der Waals surface area contributed by atoms with Crippen molar-refractivity contribution in [2.24, 2.45) is 0 Å². The third kappa shape index (κ3) is 3.36. The lowest BCUT2D eigenvalue weighted by atomic mass is 10.0. The van der Waals surface area contributed by atoms with Crippen molar-refractivity contribution in [3.05, 3.63) is 41.5 Å². The molecule has 0 aliphatic heterocycles. The Bertz CT molecular complexity index is 637. The normalized spacial score (nSPS) is 12.2. The summed E-state index contributed by atoms with van der Waals surface area (Å²) < 4.78 is 37.7. The quantitative estimate of drug-likeness (QED) is 0.906. The van der Waals surface area contributed by atoms with Crippen molar-refractivity contribution in [3.63, 3.8) is 0 Å². The van der Waals surface area contributed by atoms with Crippen LogP contribution in [0, 0.1) is 0 Å². The molecule has 0 unspecified atom stereocenters. The van der Waals surface area contributed by atoms with Crippen LogP contribution >= 0.6 is 0 Å². The number of rotatable bonds is 3. The molecule has 1 amide bonds. The molecule has 0 atom stereocenters. The van der Waals surface area contributed by atoms with Gasteiger partial charge in [0.1, 0.15) is 11.4 Å². The second-order valence-electron chi connectivity index (χ2n) is 4.86. The van der Waals surface area contributed by atoms with Gasteiger partial charge >= 0.3 is 6.18 Å². The molecule has 112 valence electrons. The molecule has 0 bridgehead atoms. The zero-order chi connectivity index (χ0) is 15.7. The van der Waals surface area contributed by atoms with Crippen molar-refractivity contribution < 1.29 is 18.0 Å². The number of carbonyl (C=O) groups is 1. The van der Waals surface area contributed by atoms with Crippen molar-refractivity contribution in [3.8, 4) is 0 Å². The van der Waals surface area contributed by atoms with Crippen LogP contribution in [-0.4, -0.2) is 26.3 Å². The van der Waals surface area contributed by atoms with E-state index in [0.717, 1.165) is 6.20 Å². The minimum absolute atomic E-state index is 0.131. The van der Waals surface area contributed by atoms with Gasteiger partial charge in [0.05, 0.1) is 11.7 Å². The van der Waals surface area contributed by atoms with E-state index in [-0.39, 0.29) is 5.56 Å². The fraction of sp³-hybridized carbons (Fsp3) is 0.333. The van der Waals surface area contributed by atoms with E-state index in [9.17, 15) is 18.0 Å². The molecule has 6 nitrogen and oxygen atoms in total. The molecule has 0 aliphatic rings. The highest BCUT2D eigenvalue weighted by Crippen LogP contribution is 2.28. The first kappa shape index (κ1) is 14.9. The second kappa shape index (κ2) is 5.15. The van der Waals surface area contributed by atoms with Crippen molar-refractivity contribution in [1.29, 1.82) is 0 Å². The number of carbonyl (C=O) groups excluding carboxylic acids is 1. The summed E-state index contributed by atoms with van der Waals surface area (Å²) in [5, 5.41) is 12.5. The second-order valence-corrected chi connectivity index (χ2v) is 4.86. The molecule has 0 saturated heterocycles. The Balaban J connectivity index is 2.21. The molecule has 0 aliphatic carbocycles. The van der Waals surface area contributed by atoms with E-state index in [1.54, 1.807) is 13.8 Å². The van der Waals surface area contributed by atoms with E-state index < -0.39 is 23.3 Å². The first-order valence-electron chi connectivity index (χ1n) is 5.92. The lowest BCUT2D eigenvalue weighted by Gasteiger charge is -2.23. The van der Waals surface area contributed by atoms with Gasteiger partial charge in [0, 0.05) is 11.8 Å². The maximum absolute atomic E-state index is 12.6. The van der Waals surface area contributed by atoms with Gasteiger partial charge < -0.3 is 5.32 Å². The number of alkyl halides is 3. The zero-order valence-corrected chi connectivity index (χ0v) is 11.2. The number of pyridine rings is 1. The van der Waals surface area contributed by atoms with Gasteiger partial charge in [0.2, 0.25) is 0 Å². The molecular weight excluding hydrogens is 287 g/mol. The highest BCUT2D eigenvalue weighted by molar-refractivity contribution is 5.94. The van der Waals surface area contributed by atoms with Crippen LogP contribution in [0.1, 0.15) is 35.6 Å². The molecule has 0 saturated carbocycles. The van der Waals surface area contributed by atoms with Gasteiger partial charge in [-0.05, 0) is 26.0 Å². The first-order valence-corrected chi connectivity index (χ1v) is 5.92. The minimum atomic E-state index is -4.60. The SMILES string of the molecule is CC(C)(NC(=O)c1ccnc(C(F)(F)F)c1)c1cn[nH]n1. The highest BCUT2D eigenvalue weighted by atomic mass is 19.4. The topological polar surface area (TPSA) is 83.6 Å². The third-order valence-electron chi connectivity index (χ3n) is 2.79. The summed E-state index contributed by atoms with van der Waals surface area (Å²) in [5.41, 5.74) is -1.67. The highest BCUT2D eigenvalue weighted by Gasteiger charge is 2.33. The summed E-state index contributed by atoms with van der Waals surface area (Å²) in [5.74, 6) is -0.657. The molecule has 0 aromatic carbocycles. The fourth-order valence-corrected chi connectivity index (χ4v) is 1.65. The maximum Gasteiger partial charge on any atom is 0.433 e. The lowest BCUT2D eigenvalue weighted by molar-refractivity contribution is -0.141. The predicted octanol–water partition coefficient (Wildman–Crippen LogP) is 1.88. The Morgan fingerprint density at radius 2 is 2.00 bits per heavy atom. The summed E-state index contributed by atoms with van der Waals surface area (Å²) in [6.45, 7) is 3.32. The molecule has 2 rings (SSSR count). The molecule has 2 aromatic rings. The number of halogens is 3. The fourth-order valence-electron chi connectivity index (χ4n) is 1.65. The average Bonchev–Trinajstić information content (AvgIpc) is 2.92. The largest absolute Gasteiger partial charge is 0.433 e. The summed E-state index contributed by atoms with van der Waals surface area (Å²) in [6, 6.07) is 1.91. The standard InChI is InChI=1S/C12H12F3N5O/c1-11(2,9-6-17-20-19-9)18-10(21)7-3-4-16-8(5-7)12(13,14)15/h3-6H,1-2H3,(H,18,21)(H,17,19,20). The molecule has 2 heterocycles. The molecule has 9 heteroatoms. The molecule has 2 aromatic heterocycles. The van der Waals surface area contributed by atoms with Crippen LogP contribution in [0.5, 0.6) is 0 Å². The van der Waals surface area contributed by atoms with E-state index in [1.807, 2.05) is 0 Å². The lowest BCUT2D eigenvalue weighted by Crippen LogP contribution is -2.41. The van der Waals surface area contributed by atoms with Gasteiger partial charge in [-0.15, -0.1) is 0 Å². The summed E-state index contributed by atoms with van der Waals surface area (Å²) in [6.07, 6.45) is -2.23. The van der Waals surface area contributed by atoms with Crippen LogP contribution in [0.4, 0.5) is 13.2 Å². The zero-order valence-electron chi connectivity index (χ0n) is 11.2. The Labute approximate surface area is 117 Å². The van der Waals surface area contributed by atoms with E-state index >= 15 is 0 Å². The van der Waals surface area contributed by atoms with Crippen molar-refractivity contribution in [2.75, 3.05) is 0 Å². The van der Waals surface area contributed by atoms with E-state index in [0.29, 0.717) is 11.8 Å². The van der Waals surface area contributed by atoms with Gasteiger partial charge in [-0.2, -0.15) is 28.6 Å². The molecule has 21 heavy (non-hydrogen) atoms. The van der Waals surface area contributed by atoms with Crippen LogP contribution in [0.15, 0.2) is 24.5 Å². The monoisotopic (exact) mass is 299 g/mol. The van der Waals surface area contributed by atoms with Gasteiger partial charge in [-0.1, -0.05) is 0 Å². The summed E-state index contributed by atoms with van der Waals surface area (Å²) >= 11 is 0. The molecule has 0 radical (unpaired) electrons. The number of amides is 1. The Hall–Kier alpha value is -2.45. The number of hydrogen-bond donors (Lipinski definition) is 2. The first-order chi connectivity index (χ1) is 9.70. The third-order valence-corrected chi connectivity index (χ3v) is 2.79. The Kier molecular flexibility index (Phi) is 3.67. The smallest absolute Gasteiger partial charge is 0.341 e. The number of nitrogens with zero attached hydrogens (tertiary/aromatic N) is 3. The average molecular weight is 299 g/mol. The van der Waals surface area contributed by atoms with E-state index in [2.05, 4.69) is 25.7 Å². The van der Waals surface area contributed by atoms with Crippen molar-refractivity contribution in [2.45, 2.75) is 25.6 Å². The summed E-state index contributed by atoms with van der Waals surface area (Å²) in [7, 11) is 0. The minimum Gasteiger partial charge on any atom is -0.341 e. The summed E-state index contributed by atoms with van der Waals surface area (Å²) in [4.78, 5) is 15.3.